The zero-order valence-electron chi connectivity index (χ0n) is 18.5. The van der Waals surface area contributed by atoms with E-state index in [1.807, 2.05) is 24.3 Å². The standard InChI is InChI=1S/C21H30N8O5/c22-14(8-12-9-26-15-5-2-1-4-13(12)15)19(32)28-10-17(30)27-11-18(31)29-16(20(33)34)6-3-7-25-21(23)24/h1-2,4-5,9,14,16,26H,3,6-8,10-11,22H2,(H,27,30)(H,28,32)(H,29,31)(H,33,34)(H4,23,24,25). The van der Waals surface area contributed by atoms with Gasteiger partial charge in [-0.2, -0.15) is 0 Å². The Morgan fingerprint density at radius 3 is 2.47 bits per heavy atom. The lowest BCUT2D eigenvalue weighted by Crippen LogP contribution is -2.48. The lowest BCUT2D eigenvalue weighted by atomic mass is 10.1. The van der Waals surface area contributed by atoms with E-state index in [2.05, 4.69) is 25.9 Å². The molecular formula is C21H30N8O5. The number of carboxylic acids is 1. The monoisotopic (exact) mass is 474 g/mol. The molecule has 13 nitrogen and oxygen atoms in total. The number of carboxylic acid groups (broad SMARTS) is 1. The lowest BCUT2D eigenvalue weighted by Gasteiger charge is -2.15. The van der Waals surface area contributed by atoms with Crippen LogP contribution in [0.2, 0.25) is 0 Å². The van der Waals surface area contributed by atoms with Crippen LogP contribution in [-0.2, 0) is 25.6 Å². The van der Waals surface area contributed by atoms with Gasteiger partial charge in [-0.05, 0) is 30.9 Å². The van der Waals surface area contributed by atoms with E-state index in [9.17, 15) is 24.3 Å². The van der Waals surface area contributed by atoms with E-state index in [0.717, 1.165) is 16.5 Å². The number of H-pyrrole nitrogens is 1. The van der Waals surface area contributed by atoms with Gasteiger partial charge < -0.3 is 43.2 Å². The molecule has 0 bridgehead atoms. The molecule has 0 aliphatic carbocycles. The van der Waals surface area contributed by atoms with Crippen molar-refractivity contribution in [2.75, 3.05) is 19.6 Å². The highest BCUT2D eigenvalue weighted by atomic mass is 16.4. The first-order valence-electron chi connectivity index (χ1n) is 10.6. The van der Waals surface area contributed by atoms with Gasteiger partial charge in [-0.3, -0.25) is 19.4 Å². The van der Waals surface area contributed by atoms with E-state index < -0.39 is 42.3 Å². The van der Waals surface area contributed by atoms with Gasteiger partial charge in [0.1, 0.15) is 6.04 Å². The molecule has 1 aromatic heterocycles. The summed E-state index contributed by atoms with van der Waals surface area (Å²) in [6.45, 7) is -0.608. The average Bonchev–Trinajstić information content (AvgIpc) is 3.20. The molecule has 2 rings (SSSR count). The second-order valence-electron chi connectivity index (χ2n) is 7.57. The van der Waals surface area contributed by atoms with Crippen LogP contribution >= 0.6 is 0 Å². The Bertz CT molecular complexity index is 1050. The van der Waals surface area contributed by atoms with Gasteiger partial charge >= 0.3 is 5.97 Å². The molecular weight excluding hydrogens is 444 g/mol. The molecule has 2 aromatic rings. The Morgan fingerprint density at radius 1 is 1.06 bits per heavy atom. The summed E-state index contributed by atoms with van der Waals surface area (Å²) >= 11 is 0. The molecule has 1 heterocycles. The highest BCUT2D eigenvalue weighted by Crippen LogP contribution is 2.18. The van der Waals surface area contributed by atoms with Crippen molar-refractivity contribution in [2.24, 2.45) is 22.2 Å². The quantitative estimate of drug-likeness (QED) is 0.0907. The zero-order chi connectivity index (χ0) is 25.1. The molecule has 0 saturated carbocycles. The second kappa shape index (κ2) is 12.8. The van der Waals surface area contributed by atoms with Crippen LogP contribution in [0.25, 0.3) is 10.9 Å². The van der Waals surface area contributed by atoms with Crippen molar-refractivity contribution in [1.29, 1.82) is 0 Å². The minimum absolute atomic E-state index is 0.107. The highest BCUT2D eigenvalue weighted by Gasteiger charge is 2.20. The van der Waals surface area contributed by atoms with Crippen LogP contribution in [0.5, 0.6) is 0 Å². The number of aromatic amines is 1. The van der Waals surface area contributed by atoms with E-state index >= 15 is 0 Å². The van der Waals surface area contributed by atoms with Crippen molar-refractivity contribution in [2.45, 2.75) is 31.3 Å². The first-order valence-corrected chi connectivity index (χ1v) is 10.6. The van der Waals surface area contributed by atoms with Crippen LogP contribution in [0.1, 0.15) is 18.4 Å². The van der Waals surface area contributed by atoms with Gasteiger partial charge in [-0.25, -0.2) is 4.79 Å². The number of hydrogen-bond donors (Lipinski definition) is 8. The van der Waals surface area contributed by atoms with Crippen LogP contribution in [-0.4, -0.2) is 71.5 Å². The number of benzene rings is 1. The van der Waals surface area contributed by atoms with Crippen molar-refractivity contribution in [3.63, 3.8) is 0 Å². The minimum Gasteiger partial charge on any atom is -0.480 e. The topological polar surface area (TPSA) is 231 Å². The Balaban J connectivity index is 1.71. The summed E-state index contributed by atoms with van der Waals surface area (Å²) in [5.74, 6) is -3.16. The highest BCUT2D eigenvalue weighted by molar-refractivity contribution is 5.91. The van der Waals surface area contributed by atoms with Gasteiger partial charge in [-0.1, -0.05) is 18.2 Å². The summed E-state index contributed by atoms with van der Waals surface area (Å²) in [7, 11) is 0. The van der Waals surface area contributed by atoms with Gasteiger partial charge in [-0.15, -0.1) is 0 Å². The van der Waals surface area contributed by atoms with Crippen molar-refractivity contribution in [3.8, 4) is 0 Å². The zero-order valence-corrected chi connectivity index (χ0v) is 18.5. The summed E-state index contributed by atoms with van der Waals surface area (Å²) in [6.07, 6.45) is 2.51. The number of fused-ring (bicyclic) bond motifs is 1. The number of para-hydroxylation sites is 1. The van der Waals surface area contributed by atoms with Crippen molar-refractivity contribution in [3.05, 3.63) is 36.0 Å². The SMILES string of the molecule is NC(N)=NCCCC(NC(=O)CNC(=O)CNC(=O)C(N)Cc1c[nH]c2ccccc12)C(=O)O. The molecule has 184 valence electrons. The van der Waals surface area contributed by atoms with Crippen molar-refractivity contribution < 1.29 is 24.3 Å². The first-order chi connectivity index (χ1) is 16.2. The molecule has 2 unspecified atom stereocenters. The Hall–Kier alpha value is -4.13. The molecule has 2 atom stereocenters. The summed E-state index contributed by atoms with van der Waals surface area (Å²) in [4.78, 5) is 54.3. The van der Waals surface area contributed by atoms with E-state index in [0.29, 0.717) is 6.42 Å². The molecule has 0 radical (unpaired) electrons. The molecule has 0 fully saturated rings. The Kier molecular flexibility index (Phi) is 9.83. The molecule has 11 N–H and O–H groups in total. The number of aromatic nitrogens is 1. The number of nitrogens with zero attached hydrogens (tertiary/aromatic N) is 1. The molecule has 0 saturated heterocycles. The van der Waals surface area contributed by atoms with Gasteiger partial charge in [0.15, 0.2) is 5.96 Å². The first kappa shape index (κ1) is 26.1. The van der Waals surface area contributed by atoms with Gasteiger partial charge in [0.05, 0.1) is 19.1 Å². The fourth-order valence-electron chi connectivity index (χ4n) is 3.18. The number of aliphatic imine (C=N–C) groups is 1. The molecule has 0 aliphatic rings. The number of nitrogens with one attached hydrogen (secondary N) is 4. The number of guanidine groups is 1. The van der Waals surface area contributed by atoms with Crippen molar-refractivity contribution >= 4 is 40.6 Å². The Morgan fingerprint density at radius 2 is 1.76 bits per heavy atom. The van der Waals surface area contributed by atoms with Crippen LogP contribution in [0.4, 0.5) is 0 Å². The number of nitrogens with two attached hydrogens (primary N) is 3. The molecule has 1 aromatic carbocycles. The number of amides is 3. The maximum atomic E-state index is 12.2. The normalized spacial score (nSPS) is 12.4. The molecule has 0 spiro atoms. The number of rotatable bonds is 13. The minimum atomic E-state index is -1.22. The predicted molar refractivity (Wildman–Crippen MR) is 125 cm³/mol. The maximum Gasteiger partial charge on any atom is 0.326 e. The van der Waals surface area contributed by atoms with E-state index in [1.54, 1.807) is 6.20 Å². The smallest absolute Gasteiger partial charge is 0.326 e. The predicted octanol–water partition coefficient (Wildman–Crippen LogP) is -2.11. The number of hydrogen-bond acceptors (Lipinski definition) is 6. The largest absolute Gasteiger partial charge is 0.480 e. The van der Waals surface area contributed by atoms with Gasteiger partial charge in [0, 0.05) is 23.6 Å². The van der Waals surface area contributed by atoms with E-state index in [4.69, 9.17) is 17.2 Å². The summed E-state index contributed by atoms with van der Waals surface area (Å²) in [6, 6.07) is 5.59. The third-order valence-corrected chi connectivity index (χ3v) is 4.90. The fraction of sp³-hybridized carbons (Fsp3) is 0.381. The molecule has 3 amide bonds. The van der Waals surface area contributed by atoms with Crippen LogP contribution in [0, 0.1) is 0 Å². The fourth-order valence-corrected chi connectivity index (χ4v) is 3.18. The van der Waals surface area contributed by atoms with Gasteiger partial charge in [0.25, 0.3) is 0 Å². The summed E-state index contributed by atoms with van der Waals surface area (Å²) in [5.41, 5.74) is 18.2. The van der Waals surface area contributed by atoms with E-state index in [-0.39, 0.29) is 31.9 Å². The van der Waals surface area contributed by atoms with Gasteiger partial charge in [0.2, 0.25) is 17.7 Å². The lowest BCUT2D eigenvalue weighted by molar-refractivity contribution is -0.142. The van der Waals surface area contributed by atoms with Crippen LogP contribution in [0.3, 0.4) is 0 Å². The Labute approximate surface area is 195 Å². The van der Waals surface area contributed by atoms with E-state index in [1.165, 1.54) is 0 Å². The molecule has 34 heavy (non-hydrogen) atoms. The summed E-state index contributed by atoms with van der Waals surface area (Å²) < 4.78 is 0. The van der Waals surface area contributed by atoms with Crippen LogP contribution in [0.15, 0.2) is 35.5 Å². The average molecular weight is 475 g/mol. The number of carbonyl (C=O) groups excluding carboxylic acids is 3. The maximum absolute atomic E-state index is 12.2. The third kappa shape index (κ3) is 8.43. The third-order valence-electron chi connectivity index (χ3n) is 4.90. The van der Waals surface area contributed by atoms with Crippen molar-refractivity contribution in [1.82, 2.24) is 20.9 Å². The number of carbonyl (C=O) groups is 4. The molecule has 0 aliphatic heterocycles. The van der Waals surface area contributed by atoms with Crippen LogP contribution < -0.4 is 33.2 Å². The number of aliphatic carboxylic acids is 1. The summed E-state index contributed by atoms with van der Waals surface area (Å²) in [5, 5.41) is 17.2. The molecule has 13 heteroatoms. The second-order valence-corrected chi connectivity index (χ2v) is 7.57.